The van der Waals surface area contributed by atoms with Gasteiger partial charge in [0.15, 0.2) is 6.10 Å². The van der Waals surface area contributed by atoms with Crippen molar-refractivity contribution >= 4 is 19.8 Å². The maximum atomic E-state index is 12.9. The molecule has 0 saturated heterocycles. The summed E-state index contributed by atoms with van der Waals surface area (Å²) in [6.45, 7) is 4.33. The lowest BCUT2D eigenvalue weighted by Gasteiger charge is -2.28. The summed E-state index contributed by atoms with van der Waals surface area (Å²) in [5.74, 6) is -0.804. The molecule has 2 unspecified atom stereocenters. The third kappa shape index (κ3) is 77.5. The van der Waals surface area contributed by atoms with E-state index in [1.165, 1.54) is 372 Å². The molecule has 9 nitrogen and oxygen atoms in total. The van der Waals surface area contributed by atoms with Gasteiger partial charge in [-0.2, -0.15) is 0 Å². The van der Waals surface area contributed by atoms with Gasteiger partial charge < -0.3 is 27.9 Å². The van der Waals surface area contributed by atoms with Crippen LogP contribution >= 0.6 is 7.82 Å². The first kappa shape index (κ1) is 90.5. The Kier molecular flexibility index (Phi) is 72.5. The highest BCUT2D eigenvalue weighted by Crippen LogP contribution is 2.38. The minimum Gasteiger partial charge on any atom is -0.756 e. The topological polar surface area (TPSA) is 111 Å². The molecule has 546 valence electrons. The number of esters is 2. The van der Waals surface area contributed by atoms with E-state index in [-0.39, 0.29) is 32.0 Å². The molecule has 0 amide bonds. The fourth-order valence-electron chi connectivity index (χ4n) is 12.7. The first-order valence-corrected chi connectivity index (χ1v) is 42.5. The van der Waals surface area contributed by atoms with Crippen LogP contribution in [0.1, 0.15) is 438 Å². The van der Waals surface area contributed by atoms with Crippen LogP contribution in [0.5, 0.6) is 0 Å². The third-order valence-corrected chi connectivity index (χ3v) is 19.9. The van der Waals surface area contributed by atoms with E-state index in [2.05, 4.69) is 38.2 Å². The van der Waals surface area contributed by atoms with E-state index in [4.69, 9.17) is 18.5 Å². The largest absolute Gasteiger partial charge is 0.756 e. The van der Waals surface area contributed by atoms with Crippen molar-refractivity contribution in [3.05, 3.63) is 24.3 Å². The lowest BCUT2D eigenvalue weighted by Crippen LogP contribution is -2.37. The fourth-order valence-corrected chi connectivity index (χ4v) is 13.4. The molecule has 0 bridgehead atoms. The van der Waals surface area contributed by atoms with Gasteiger partial charge in [-0.25, -0.2) is 0 Å². The van der Waals surface area contributed by atoms with Crippen LogP contribution < -0.4 is 4.89 Å². The van der Waals surface area contributed by atoms with Gasteiger partial charge in [0.05, 0.1) is 27.7 Å². The molecule has 0 fully saturated rings. The number of likely N-dealkylation sites (N-methyl/N-ethyl adjacent to an activating group) is 1. The average molecular weight is 1320 g/mol. The molecule has 0 spiro atoms. The Morgan fingerprint density at radius 2 is 0.554 bits per heavy atom. The molecule has 0 aromatic carbocycles. The first-order valence-electron chi connectivity index (χ1n) is 41.0. The number of hydrogen-bond donors (Lipinski definition) is 0. The maximum Gasteiger partial charge on any atom is 0.306 e. The molecule has 0 aliphatic carbocycles. The minimum atomic E-state index is -4.64. The fraction of sp³-hybridized carbons (Fsp3) is 0.927. The average Bonchev–Trinajstić information content (AvgIpc) is 2.14. The zero-order valence-corrected chi connectivity index (χ0v) is 63.4. The van der Waals surface area contributed by atoms with Crippen LogP contribution in [-0.2, 0) is 32.7 Å². The van der Waals surface area contributed by atoms with Crippen molar-refractivity contribution in [2.75, 3.05) is 47.5 Å². The first-order chi connectivity index (χ1) is 45.0. The number of phosphoric acid groups is 1. The van der Waals surface area contributed by atoms with E-state index in [1.54, 1.807) is 0 Å². The molecule has 0 aliphatic rings. The Labute approximate surface area is 574 Å². The molecule has 10 heteroatoms. The van der Waals surface area contributed by atoms with Crippen LogP contribution in [0.2, 0.25) is 0 Å². The van der Waals surface area contributed by atoms with Gasteiger partial charge in [0.25, 0.3) is 7.82 Å². The van der Waals surface area contributed by atoms with Crippen molar-refractivity contribution in [2.45, 2.75) is 444 Å². The standard InChI is InChI=1S/C82H160NO8P/c1-6-8-10-12-14-16-18-20-22-24-26-28-30-32-34-36-38-40-41-43-45-47-49-51-53-55-57-59-61-63-65-67-69-71-73-75-82(85)91-80(79-90-92(86,87)89-77-76-83(3,4)5)78-88-81(84)74-72-70-68-66-64-62-60-58-56-54-52-50-48-46-44-42-39-37-35-33-31-29-27-25-23-21-19-17-15-13-11-9-7-2/h24-27,80H,6-23,28-79H2,1-5H3/b26-24-,27-25-. The summed E-state index contributed by atoms with van der Waals surface area (Å²) >= 11 is 0. The van der Waals surface area contributed by atoms with E-state index < -0.39 is 26.5 Å². The van der Waals surface area contributed by atoms with Crippen LogP contribution in [0.4, 0.5) is 0 Å². The lowest BCUT2D eigenvalue weighted by molar-refractivity contribution is -0.870. The second-order valence-electron chi connectivity index (χ2n) is 29.5. The molecule has 0 heterocycles. The van der Waals surface area contributed by atoms with E-state index in [9.17, 15) is 19.0 Å². The highest BCUT2D eigenvalue weighted by molar-refractivity contribution is 7.45. The number of quaternary nitrogens is 1. The zero-order valence-electron chi connectivity index (χ0n) is 62.5. The monoisotopic (exact) mass is 1320 g/mol. The second-order valence-corrected chi connectivity index (χ2v) is 30.9. The molecule has 0 aromatic heterocycles. The van der Waals surface area contributed by atoms with Crippen LogP contribution in [0.3, 0.4) is 0 Å². The number of carbonyl (C=O) groups excluding carboxylic acids is 2. The summed E-state index contributed by atoms with van der Waals surface area (Å²) in [6, 6.07) is 0. The maximum absolute atomic E-state index is 12.9. The summed E-state index contributed by atoms with van der Waals surface area (Å²) < 4.78 is 34.4. The zero-order chi connectivity index (χ0) is 66.9. The number of hydrogen-bond acceptors (Lipinski definition) is 8. The Balaban J connectivity index is 3.89. The summed E-state index contributed by atoms with van der Waals surface area (Å²) in [5.41, 5.74) is 0. The SMILES string of the molecule is CCCCCCCCCC/C=C\CCCCCCCCCCCCCCCCCCCCCCCCCC(=O)OC(COC(=O)CCCCCCCCCCCCCCCCCCCCCCC/C=C\CCCCCCCCCC)COP(=O)([O-])OCC[N+](C)(C)C. The number of rotatable bonds is 78. The predicted octanol–water partition coefficient (Wildman–Crippen LogP) is 26.5. The molecule has 2 atom stereocenters. The van der Waals surface area contributed by atoms with Crippen LogP contribution in [0.25, 0.3) is 0 Å². The molecule has 0 radical (unpaired) electrons. The number of carbonyl (C=O) groups is 2. The summed E-state index contributed by atoms with van der Waals surface area (Å²) in [4.78, 5) is 38.2. The number of unbranched alkanes of at least 4 members (excludes halogenated alkanes) is 60. The normalized spacial score (nSPS) is 13.1. The van der Waals surface area contributed by atoms with Crippen molar-refractivity contribution in [1.29, 1.82) is 0 Å². The van der Waals surface area contributed by atoms with E-state index in [0.29, 0.717) is 17.4 Å². The molecule has 0 aromatic rings. The van der Waals surface area contributed by atoms with E-state index >= 15 is 0 Å². The molecule has 0 N–H and O–H groups in total. The van der Waals surface area contributed by atoms with Crippen molar-refractivity contribution in [3.63, 3.8) is 0 Å². The molecule has 0 aliphatic heterocycles. The number of allylic oxidation sites excluding steroid dienone is 4. The van der Waals surface area contributed by atoms with Crippen LogP contribution in [0.15, 0.2) is 24.3 Å². The number of nitrogens with zero attached hydrogens (tertiary/aromatic N) is 1. The summed E-state index contributed by atoms with van der Waals surface area (Å²) in [7, 11) is 1.19. The van der Waals surface area contributed by atoms with Gasteiger partial charge in [-0.15, -0.1) is 0 Å². The van der Waals surface area contributed by atoms with Crippen molar-refractivity contribution in [1.82, 2.24) is 0 Å². The second kappa shape index (κ2) is 73.7. The van der Waals surface area contributed by atoms with E-state index in [0.717, 1.165) is 32.1 Å². The highest BCUT2D eigenvalue weighted by Gasteiger charge is 2.22. The molecule has 0 saturated carbocycles. The van der Waals surface area contributed by atoms with Crippen LogP contribution in [0, 0.1) is 0 Å². The summed E-state index contributed by atoms with van der Waals surface area (Å²) in [6.07, 6.45) is 94.6. The Bertz CT molecular complexity index is 1600. The van der Waals surface area contributed by atoms with Gasteiger partial charge in [-0.05, 0) is 64.2 Å². The lowest BCUT2D eigenvalue weighted by atomic mass is 10.0. The van der Waals surface area contributed by atoms with Gasteiger partial charge in [-0.1, -0.05) is 385 Å². The van der Waals surface area contributed by atoms with Crippen molar-refractivity contribution in [3.8, 4) is 0 Å². The number of phosphoric ester groups is 1. The van der Waals surface area contributed by atoms with Gasteiger partial charge in [0.1, 0.15) is 19.8 Å². The highest BCUT2D eigenvalue weighted by atomic mass is 31.2. The molecular formula is C82H160NO8P. The van der Waals surface area contributed by atoms with Crippen molar-refractivity contribution < 1.29 is 42.1 Å². The van der Waals surface area contributed by atoms with Gasteiger partial charge >= 0.3 is 11.9 Å². The minimum absolute atomic E-state index is 0.0263. The molecule has 0 rings (SSSR count). The van der Waals surface area contributed by atoms with Gasteiger partial charge in [0, 0.05) is 12.8 Å². The Hall–Kier alpha value is -1.51. The molecular weight excluding hydrogens is 1160 g/mol. The van der Waals surface area contributed by atoms with Crippen molar-refractivity contribution in [2.24, 2.45) is 0 Å². The third-order valence-electron chi connectivity index (χ3n) is 18.9. The number of ether oxygens (including phenoxy) is 2. The predicted molar refractivity (Wildman–Crippen MR) is 398 cm³/mol. The quantitative estimate of drug-likeness (QED) is 0.0195. The van der Waals surface area contributed by atoms with Gasteiger partial charge in [0.2, 0.25) is 0 Å². The smallest absolute Gasteiger partial charge is 0.306 e. The summed E-state index contributed by atoms with van der Waals surface area (Å²) in [5, 5.41) is 0. The Morgan fingerprint density at radius 1 is 0.326 bits per heavy atom. The van der Waals surface area contributed by atoms with Crippen LogP contribution in [-0.4, -0.2) is 70.0 Å². The van der Waals surface area contributed by atoms with E-state index in [1.807, 2.05) is 21.1 Å². The Morgan fingerprint density at radius 3 is 0.804 bits per heavy atom. The van der Waals surface area contributed by atoms with Gasteiger partial charge in [-0.3, -0.25) is 14.2 Å². The molecule has 92 heavy (non-hydrogen) atoms.